The number of fused-ring (bicyclic) bond motifs is 1. The lowest BCUT2D eigenvalue weighted by molar-refractivity contribution is -0.117. The van der Waals surface area contributed by atoms with Gasteiger partial charge in [0.1, 0.15) is 0 Å². The van der Waals surface area contributed by atoms with Gasteiger partial charge in [-0.3, -0.25) is 9.59 Å². The molecule has 1 fully saturated rings. The summed E-state index contributed by atoms with van der Waals surface area (Å²) in [6.07, 6.45) is 3.33. The number of anilines is 2. The Morgan fingerprint density at radius 3 is 3.09 bits per heavy atom. The van der Waals surface area contributed by atoms with Gasteiger partial charge in [-0.2, -0.15) is 0 Å². The molecule has 0 saturated carbocycles. The van der Waals surface area contributed by atoms with E-state index in [9.17, 15) is 9.59 Å². The van der Waals surface area contributed by atoms with Crippen LogP contribution in [0.5, 0.6) is 0 Å². The number of amides is 2. The van der Waals surface area contributed by atoms with E-state index in [0.29, 0.717) is 24.7 Å². The summed E-state index contributed by atoms with van der Waals surface area (Å²) in [6.45, 7) is 4.26. The molecule has 1 saturated heterocycles. The fourth-order valence-corrected chi connectivity index (χ4v) is 3.34. The summed E-state index contributed by atoms with van der Waals surface area (Å²) >= 11 is 0. The third kappa shape index (κ3) is 3.47. The minimum atomic E-state index is 0.0110. The van der Waals surface area contributed by atoms with Gasteiger partial charge in [0.15, 0.2) is 0 Å². The Balaban J connectivity index is 1.55. The third-order valence-electron chi connectivity index (χ3n) is 4.66. The molecule has 1 aromatic carbocycles. The van der Waals surface area contributed by atoms with Crippen LogP contribution in [0.4, 0.5) is 11.4 Å². The zero-order valence-electron chi connectivity index (χ0n) is 12.9. The van der Waals surface area contributed by atoms with Gasteiger partial charge in [0, 0.05) is 17.8 Å². The standard InChI is InChI=1S/C17H23N3O2/c1-11(12-3-2-6-18-10-12)7-16(21)19-14-4-5-15-13(8-14)9-17(22)20-15/h4-5,8,11-12,18H,2-3,6-7,9-10H2,1H3,(H,19,21)(H,20,22). The second-order valence-electron chi connectivity index (χ2n) is 6.43. The Morgan fingerprint density at radius 1 is 1.45 bits per heavy atom. The van der Waals surface area contributed by atoms with Gasteiger partial charge in [-0.05, 0) is 61.5 Å². The highest BCUT2D eigenvalue weighted by Crippen LogP contribution is 2.27. The summed E-state index contributed by atoms with van der Waals surface area (Å²) in [5.41, 5.74) is 2.58. The van der Waals surface area contributed by atoms with Crippen molar-refractivity contribution in [2.24, 2.45) is 11.8 Å². The average Bonchev–Trinajstić information content (AvgIpc) is 2.87. The Labute approximate surface area is 130 Å². The number of piperidine rings is 1. The van der Waals surface area contributed by atoms with Gasteiger partial charge in [-0.15, -0.1) is 0 Å². The first kappa shape index (κ1) is 15.0. The van der Waals surface area contributed by atoms with Gasteiger partial charge in [-0.1, -0.05) is 6.92 Å². The maximum absolute atomic E-state index is 12.2. The highest BCUT2D eigenvalue weighted by Gasteiger charge is 2.22. The topological polar surface area (TPSA) is 70.2 Å². The Bertz CT molecular complexity index is 579. The van der Waals surface area contributed by atoms with E-state index in [2.05, 4.69) is 22.9 Å². The van der Waals surface area contributed by atoms with Crippen molar-refractivity contribution in [1.29, 1.82) is 0 Å². The number of benzene rings is 1. The molecule has 2 aliphatic rings. The number of hydrogen-bond donors (Lipinski definition) is 3. The van der Waals surface area contributed by atoms with Crippen LogP contribution in [0.2, 0.25) is 0 Å². The predicted octanol–water partition coefficient (Wildman–Crippen LogP) is 2.15. The van der Waals surface area contributed by atoms with Crippen molar-refractivity contribution < 1.29 is 9.59 Å². The Kier molecular flexibility index (Phi) is 4.43. The molecular weight excluding hydrogens is 278 g/mol. The maximum Gasteiger partial charge on any atom is 0.228 e. The molecule has 3 rings (SSSR count). The lowest BCUT2D eigenvalue weighted by atomic mass is 9.85. The first-order valence-corrected chi connectivity index (χ1v) is 8.05. The zero-order chi connectivity index (χ0) is 15.5. The molecule has 0 spiro atoms. The number of carbonyl (C=O) groups is 2. The minimum Gasteiger partial charge on any atom is -0.326 e. The van der Waals surface area contributed by atoms with Crippen LogP contribution in [0, 0.1) is 11.8 Å². The first-order valence-electron chi connectivity index (χ1n) is 8.05. The molecule has 0 bridgehead atoms. The van der Waals surface area contributed by atoms with Crippen LogP contribution >= 0.6 is 0 Å². The first-order chi connectivity index (χ1) is 10.6. The van der Waals surface area contributed by atoms with Crippen LogP contribution < -0.4 is 16.0 Å². The fraction of sp³-hybridized carbons (Fsp3) is 0.529. The molecule has 5 heteroatoms. The summed E-state index contributed by atoms with van der Waals surface area (Å²) in [6, 6.07) is 5.58. The van der Waals surface area contributed by atoms with Crippen molar-refractivity contribution in [2.45, 2.75) is 32.6 Å². The number of rotatable bonds is 4. The van der Waals surface area contributed by atoms with Crippen LogP contribution in [0.1, 0.15) is 31.7 Å². The van der Waals surface area contributed by atoms with Gasteiger partial charge in [0.25, 0.3) is 0 Å². The third-order valence-corrected chi connectivity index (χ3v) is 4.66. The van der Waals surface area contributed by atoms with E-state index >= 15 is 0 Å². The fourth-order valence-electron chi connectivity index (χ4n) is 3.34. The van der Waals surface area contributed by atoms with Crippen LogP contribution in [-0.4, -0.2) is 24.9 Å². The molecule has 1 aromatic rings. The quantitative estimate of drug-likeness (QED) is 0.798. The van der Waals surface area contributed by atoms with E-state index < -0.39 is 0 Å². The number of carbonyl (C=O) groups excluding carboxylic acids is 2. The summed E-state index contributed by atoms with van der Waals surface area (Å²) < 4.78 is 0. The molecule has 22 heavy (non-hydrogen) atoms. The van der Waals surface area contributed by atoms with E-state index in [0.717, 1.165) is 30.0 Å². The molecule has 118 valence electrons. The van der Waals surface area contributed by atoms with Crippen LogP contribution in [-0.2, 0) is 16.0 Å². The van der Waals surface area contributed by atoms with E-state index in [1.54, 1.807) is 0 Å². The predicted molar refractivity (Wildman–Crippen MR) is 86.8 cm³/mol. The van der Waals surface area contributed by atoms with Crippen molar-refractivity contribution in [1.82, 2.24) is 5.32 Å². The summed E-state index contributed by atoms with van der Waals surface area (Å²) in [5.74, 6) is 1.03. The lowest BCUT2D eigenvalue weighted by Crippen LogP contribution is -2.34. The highest BCUT2D eigenvalue weighted by molar-refractivity contribution is 6.00. The van der Waals surface area contributed by atoms with Gasteiger partial charge in [0.05, 0.1) is 6.42 Å². The van der Waals surface area contributed by atoms with Crippen molar-refractivity contribution in [3.8, 4) is 0 Å². The lowest BCUT2D eigenvalue weighted by Gasteiger charge is -2.28. The summed E-state index contributed by atoms with van der Waals surface area (Å²) in [7, 11) is 0. The number of hydrogen-bond acceptors (Lipinski definition) is 3. The van der Waals surface area contributed by atoms with Crippen molar-refractivity contribution in [3.63, 3.8) is 0 Å². The second kappa shape index (κ2) is 6.48. The molecule has 2 atom stereocenters. The number of nitrogens with one attached hydrogen (secondary N) is 3. The smallest absolute Gasteiger partial charge is 0.228 e. The molecule has 2 aliphatic heterocycles. The summed E-state index contributed by atoms with van der Waals surface area (Å²) in [4.78, 5) is 23.6. The largest absolute Gasteiger partial charge is 0.326 e. The zero-order valence-corrected chi connectivity index (χ0v) is 12.9. The molecular formula is C17H23N3O2. The van der Waals surface area contributed by atoms with Crippen molar-refractivity contribution in [2.75, 3.05) is 23.7 Å². The Morgan fingerprint density at radius 2 is 2.32 bits per heavy atom. The van der Waals surface area contributed by atoms with Crippen molar-refractivity contribution >= 4 is 23.2 Å². The van der Waals surface area contributed by atoms with Crippen LogP contribution in [0.3, 0.4) is 0 Å². The van der Waals surface area contributed by atoms with Gasteiger partial charge in [0.2, 0.25) is 11.8 Å². The minimum absolute atomic E-state index is 0.0110. The molecule has 2 unspecified atom stereocenters. The van der Waals surface area contributed by atoms with Gasteiger partial charge in [-0.25, -0.2) is 0 Å². The molecule has 0 radical (unpaired) electrons. The SMILES string of the molecule is CC(CC(=O)Nc1ccc2c(c1)CC(=O)N2)C1CCCNC1. The second-order valence-corrected chi connectivity index (χ2v) is 6.43. The molecule has 5 nitrogen and oxygen atoms in total. The van der Waals surface area contributed by atoms with Crippen LogP contribution in [0.25, 0.3) is 0 Å². The summed E-state index contributed by atoms with van der Waals surface area (Å²) in [5, 5.41) is 9.15. The van der Waals surface area contributed by atoms with E-state index in [-0.39, 0.29) is 11.8 Å². The molecule has 2 heterocycles. The van der Waals surface area contributed by atoms with E-state index in [1.165, 1.54) is 12.8 Å². The van der Waals surface area contributed by atoms with Gasteiger partial charge < -0.3 is 16.0 Å². The van der Waals surface area contributed by atoms with Crippen molar-refractivity contribution in [3.05, 3.63) is 23.8 Å². The Hall–Kier alpha value is -1.88. The van der Waals surface area contributed by atoms with Gasteiger partial charge >= 0.3 is 0 Å². The average molecular weight is 301 g/mol. The monoisotopic (exact) mass is 301 g/mol. The van der Waals surface area contributed by atoms with Crippen LogP contribution in [0.15, 0.2) is 18.2 Å². The van der Waals surface area contributed by atoms with E-state index in [4.69, 9.17) is 0 Å². The highest BCUT2D eigenvalue weighted by atomic mass is 16.2. The molecule has 0 aliphatic carbocycles. The molecule has 0 aromatic heterocycles. The molecule has 3 N–H and O–H groups in total. The maximum atomic E-state index is 12.2. The molecule has 2 amide bonds. The van der Waals surface area contributed by atoms with E-state index in [1.807, 2.05) is 18.2 Å². The normalized spacial score (nSPS) is 21.9.